The number of hydrogen-bond acceptors (Lipinski definition) is 4. The van der Waals surface area contributed by atoms with Crippen molar-refractivity contribution in [3.63, 3.8) is 0 Å². The van der Waals surface area contributed by atoms with Crippen LogP contribution in [-0.4, -0.2) is 26.6 Å². The van der Waals surface area contributed by atoms with Gasteiger partial charge in [-0.3, -0.25) is 9.10 Å². The van der Waals surface area contributed by atoms with Crippen molar-refractivity contribution in [3.05, 3.63) is 61.2 Å². The van der Waals surface area contributed by atoms with E-state index in [4.69, 9.17) is 0 Å². The number of para-hydroxylation sites is 1. The highest BCUT2D eigenvalue weighted by Crippen LogP contribution is 2.34. The summed E-state index contributed by atoms with van der Waals surface area (Å²) in [7, 11) is -3.77. The van der Waals surface area contributed by atoms with Gasteiger partial charge in [0.1, 0.15) is 0 Å². The van der Waals surface area contributed by atoms with Crippen molar-refractivity contribution >= 4 is 39.1 Å². The molecular formula is C17H16N2O3S2. The molecule has 124 valence electrons. The van der Waals surface area contributed by atoms with Gasteiger partial charge in [-0.25, -0.2) is 8.42 Å². The lowest BCUT2D eigenvalue weighted by Crippen LogP contribution is -2.31. The Morgan fingerprint density at radius 2 is 1.96 bits per heavy atom. The lowest BCUT2D eigenvalue weighted by Gasteiger charge is -2.24. The maximum atomic E-state index is 13.0. The highest BCUT2D eigenvalue weighted by atomic mass is 32.2. The van der Waals surface area contributed by atoms with Gasteiger partial charge in [0.2, 0.25) is 5.91 Å². The Bertz CT molecular complexity index is 880. The topological polar surface area (TPSA) is 66.5 Å². The second-order valence-electron chi connectivity index (χ2n) is 5.16. The van der Waals surface area contributed by atoms with Crippen LogP contribution in [-0.2, 0) is 14.8 Å². The number of sulfonamides is 1. The van der Waals surface area contributed by atoms with Gasteiger partial charge >= 0.3 is 0 Å². The van der Waals surface area contributed by atoms with Crippen molar-refractivity contribution < 1.29 is 13.2 Å². The first-order valence-corrected chi connectivity index (χ1v) is 9.70. The van der Waals surface area contributed by atoms with Crippen LogP contribution in [0.3, 0.4) is 0 Å². The zero-order valence-corrected chi connectivity index (χ0v) is 14.4. The van der Waals surface area contributed by atoms with Gasteiger partial charge in [0.05, 0.1) is 28.6 Å². The first-order chi connectivity index (χ1) is 11.5. The predicted octanol–water partition coefficient (Wildman–Crippen LogP) is 3.11. The Balaban J connectivity index is 2.04. The summed E-state index contributed by atoms with van der Waals surface area (Å²) in [5.74, 6) is 0.208. The molecule has 0 radical (unpaired) electrons. The van der Waals surface area contributed by atoms with Crippen LogP contribution in [0.4, 0.5) is 11.4 Å². The van der Waals surface area contributed by atoms with Crippen LogP contribution in [0.2, 0.25) is 0 Å². The van der Waals surface area contributed by atoms with Gasteiger partial charge in [-0.2, -0.15) is 0 Å². The molecule has 0 atom stereocenters. The minimum atomic E-state index is -3.77. The Morgan fingerprint density at radius 1 is 1.21 bits per heavy atom. The molecule has 24 heavy (non-hydrogen) atoms. The molecule has 0 saturated carbocycles. The largest absolute Gasteiger partial charge is 0.324 e. The van der Waals surface area contributed by atoms with Crippen LogP contribution in [0.5, 0.6) is 0 Å². The first kappa shape index (κ1) is 16.6. The monoisotopic (exact) mass is 360 g/mol. The molecule has 0 unspecified atom stereocenters. The molecule has 0 spiro atoms. The summed E-state index contributed by atoms with van der Waals surface area (Å²) < 4.78 is 27.4. The number of nitrogens with zero attached hydrogens (tertiary/aromatic N) is 1. The van der Waals surface area contributed by atoms with E-state index in [-0.39, 0.29) is 17.3 Å². The third-order valence-corrected chi connectivity index (χ3v) is 6.37. The fraction of sp³-hybridized carbons (Fsp3) is 0.118. The van der Waals surface area contributed by atoms with Gasteiger partial charge in [0, 0.05) is 4.90 Å². The molecule has 1 aliphatic rings. The van der Waals surface area contributed by atoms with Crippen molar-refractivity contribution in [3.8, 4) is 0 Å². The SMILES string of the molecule is C=CCN(c1ccccc1)S(=O)(=O)c1ccc2c(c1)NC(=O)CS2. The normalized spacial score (nSPS) is 13.8. The summed E-state index contributed by atoms with van der Waals surface area (Å²) >= 11 is 1.39. The lowest BCUT2D eigenvalue weighted by molar-refractivity contribution is -0.113. The molecule has 2 aromatic carbocycles. The van der Waals surface area contributed by atoms with E-state index in [1.54, 1.807) is 42.5 Å². The minimum Gasteiger partial charge on any atom is -0.324 e. The molecule has 0 saturated heterocycles. The van der Waals surface area contributed by atoms with Gasteiger partial charge in [-0.1, -0.05) is 24.3 Å². The fourth-order valence-corrected chi connectivity index (χ4v) is 4.65. The maximum Gasteiger partial charge on any atom is 0.264 e. The van der Waals surface area contributed by atoms with Crippen molar-refractivity contribution in [1.29, 1.82) is 0 Å². The highest BCUT2D eigenvalue weighted by molar-refractivity contribution is 8.00. The van der Waals surface area contributed by atoms with Crippen LogP contribution >= 0.6 is 11.8 Å². The molecule has 0 fully saturated rings. The van der Waals surface area contributed by atoms with E-state index in [1.807, 2.05) is 6.07 Å². The van der Waals surface area contributed by atoms with Crippen LogP contribution < -0.4 is 9.62 Å². The number of rotatable bonds is 5. The lowest BCUT2D eigenvalue weighted by atomic mass is 10.3. The zero-order chi connectivity index (χ0) is 17.2. The molecule has 3 rings (SSSR count). The Labute approximate surface area is 145 Å². The molecule has 1 amide bonds. The second-order valence-corrected chi connectivity index (χ2v) is 8.03. The van der Waals surface area contributed by atoms with Gasteiger partial charge in [-0.15, -0.1) is 18.3 Å². The predicted molar refractivity (Wildman–Crippen MR) is 97.0 cm³/mol. The molecule has 1 aliphatic heterocycles. The zero-order valence-electron chi connectivity index (χ0n) is 12.8. The number of fused-ring (bicyclic) bond motifs is 1. The number of benzene rings is 2. The minimum absolute atomic E-state index is 0.131. The average molecular weight is 360 g/mol. The third-order valence-electron chi connectivity index (χ3n) is 3.51. The average Bonchev–Trinajstić information content (AvgIpc) is 2.59. The van der Waals surface area contributed by atoms with Crippen molar-refractivity contribution in [2.75, 3.05) is 21.9 Å². The summed E-state index contributed by atoms with van der Waals surface area (Å²) in [4.78, 5) is 12.5. The first-order valence-electron chi connectivity index (χ1n) is 7.28. The van der Waals surface area contributed by atoms with Crippen molar-refractivity contribution in [1.82, 2.24) is 0 Å². The van der Waals surface area contributed by atoms with Crippen LogP contribution in [0, 0.1) is 0 Å². The number of anilines is 2. The summed E-state index contributed by atoms with van der Waals surface area (Å²) in [6.45, 7) is 3.80. The number of carbonyl (C=O) groups is 1. The molecule has 1 N–H and O–H groups in total. The Hall–Kier alpha value is -2.25. The molecule has 1 heterocycles. The number of thioether (sulfide) groups is 1. The Kier molecular flexibility index (Phi) is 4.64. The highest BCUT2D eigenvalue weighted by Gasteiger charge is 2.26. The molecule has 2 aromatic rings. The number of carbonyl (C=O) groups excluding carboxylic acids is 1. The molecule has 5 nitrogen and oxygen atoms in total. The van der Waals surface area contributed by atoms with Gasteiger partial charge in [-0.05, 0) is 30.3 Å². The van der Waals surface area contributed by atoms with Crippen LogP contribution in [0.1, 0.15) is 0 Å². The van der Waals surface area contributed by atoms with E-state index in [0.29, 0.717) is 17.1 Å². The second kappa shape index (κ2) is 6.70. The van der Waals surface area contributed by atoms with Crippen molar-refractivity contribution in [2.24, 2.45) is 0 Å². The molecular weight excluding hydrogens is 344 g/mol. The van der Waals surface area contributed by atoms with E-state index in [1.165, 1.54) is 22.1 Å². The fourth-order valence-electron chi connectivity index (χ4n) is 2.40. The van der Waals surface area contributed by atoms with E-state index >= 15 is 0 Å². The quantitative estimate of drug-likeness (QED) is 0.832. The van der Waals surface area contributed by atoms with Gasteiger partial charge in [0.15, 0.2) is 0 Å². The summed E-state index contributed by atoms with van der Waals surface area (Å²) in [6.07, 6.45) is 1.54. The van der Waals surface area contributed by atoms with Crippen LogP contribution in [0.25, 0.3) is 0 Å². The van der Waals surface area contributed by atoms with Crippen molar-refractivity contribution in [2.45, 2.75) is 9.79 Å². The number of hydrogen-bond donors (Lipinski definition) is 1. The molecule has 0 aliphatic carbocycles. The maximum absolute atomic E-state index is 13.0. The van der Waals surface area contributed by atoms with E-state index in [9.17, 15) is 13.2 Å². The van der Waals surface area contributed by atoms with Gasteiger partial charge in [0.25, 0.3) is 10.0 Å². The Morgan fingerprint density at radius 3 is 2.67 bits per heavy atom. The standard InChI is InChI=1S/C17H16N2O3S2/c1-2-10-19(13-6-4-3-5-7-13)24(21,22)14-8-9-16-15(11-14)18-17(20)12-23-16/h2-9,11H,1,10,12H2,(H,18,20). The molecule has 0 bridgehead atoms. The number of nitrogens with one attached hydrogen (secondary N) is 1. The smallest absolute Gasteiger partial charge is 0.264 e. The molecule has 7 heteroatoms. The summed E-state index contributed by atoms with van der Waals surface area (Å²) in [6, 6.07) is 13.7. The van der Waals surface area contributed by atoms with E-state index < -0.39 is 10.0 Å². The third kappa shape index (κ3) is 3.18. The summed E-state index contributed by atoms with van der Waals surface area (Å²) in [5.41, 5.74) is 1.09. The van der Waals surface area contributed by atoms with E-state index in [2.05, 4.69) is 11.9 Å². The number of amides is 1. The van der Waals surface area contributed by atoms with Crippen LogP contribution in [0.15, 0.2) is 71.0 Å². The van der Waals surface area contributed by atoms with E-state index in [0.717, 1.165) is 4.90 Å². The summed E-state index contributed by atoms with van der Waals surface area (Å²) in [5, 5.41) is 2.72. The molecule has 0 aromatic heterocycles. The van der Waals surface area contributed by atoms with Gasteiger partial charge < -0.3 is 5.32 Å².